The number of piperazine rings is 1. The molecular formula is C29H28N2O5. The van der Waals surface area contributed by atoms with E-state index in [1.165, 1.54) is 29.8 Å². The number of esters is 1. The molecule has 1 heterocycles. The summed E-state index contributed by atoms with van der Waals surface area (Å²) in [6, 6.07) is 24.2. The van der Waals surface area contributed by atoms with Crippen LogP contribution < -0.4 is 0 Å². The molecule has 1 saturated heterocycles. The number of amides is 1. The first-order valence-corrected chi connectivity index (χ1v) is 11.9. The van der Waals surface area contributed by atoms with Gasteiger partial charge in [0.05, 0.1) is 5.56 Å². The third-order valence-corrected chi connectivity index (χ3v) is 6.19. The standard InChI is InChI=1S/C29H28N2O5/c1-21(28(34)31-18-16-30(17-19-31)20-22-8-4-2-5-9-22)36-29(35)25-14-12-24(13-15-25)27(33)26(32)23-10-6-3-7-11-23/h2-15,21H,16-20H2,1H3/t21-/m0/s1. The summed E-state index contributed by atoms with van der Waals surface area (Å²) in [6.07, 6.45) is -0.931. The molecule has 7 nitrogen and oxygen atoms in total. The van der Waals surface area contributed by atoms with Crippen LogP contribution in [-0.4, -0.2) is 65.5 Å². The van der Waals surface area contributed by atoms with Crippen LogP contribution >= 0.6 is 0 Å². The highest BCUT2D eigenvalue weighted by atomic mass is 16.5. The molecule has 0 aromatic heterocycles. The van der Waals surface area contributed by atoms with Crippen molar-refractivity contribution in [3.63, 3.8) is 0 Å². The number of benzene rings is 3. The number of carbonyl (C=O) groups excluding carboxylic acids is 4. The molecule has 0 spiro atoms. The zero-order valence-corrected chi connectivity index (χ0v) is 20.1. The number of rotatable bonds is 8. The fourth-order valence-electron chi connectivity index (χ4n) is 4.11. The quantitative estimate of drug-likeness (QED) is 0.276. The number of hydrogen-bond donors (Lipinski definition) is 0. The monoisotopic (exact) mass is 484 g/mol. The van der Waals surface area contributed by atoms with Crippen LogP contribution in [0, 0.1) is 0 Å². The van der Waals surface area contributed by atoms with Gasteiger partial charge in [-0.2, -0.15) is 0 Å². The molecule has 0 saturated carbocycles. The first-order chi connectivity index (χ1) is 17.4. The SMILES string of the molecule is C[C@H](OC(=O)c1ccc(C(=O)C(=O)c2ccccc2)cc1)C(=O)N1CCN(Cc2ccccc2)CC1. The van der Waals surface area contributed by atoms with Gasteiger partial charge in [-0.25, -0.2) is 4.79 Å². The molecule has 1 aliphatic rings. The maximum atomic E-state index is 12.8. The van der Waals surface area contributed by atoms with Crippen molar-refractivity contribution in [2.75, 3.05) is 26.2 Å². The van der Waals surface area contributed by atoms with Gasteiger partial charge in [-0.1, -0.05) is 72.8 Å². The maximum Gasteiger partial charge on any atom is 0.338 e. The number of ether oxygens (including phenoxy) is 1. The smallest absolute Gasteiger partial charge is 0.338 e. The summed E-state index contributed by atoms with van der Waals surface area (Å²) < 4.78 is 5.40. The van der Waals surface area contributed by atoms with Crippen molar-refractivity contribution in [1.29, 1.82) is 0 Å². The van der Waals surface area contributed by atoms with Crippen molar-refractivity contribution in [3.05, 3.63) is 107 Å². The van der Waals surface area contributed by atoms with Crippen molar-refractivity contribution in [2.24, 2.45) is 0 Å². The molecule has 1 amide bonds. The van der Waals surface area contributed by atoms with Gasteiger partial charge in [0.1, 0.15) is 0 Å². The molecule has 0 bridgehead atoms. The minimum atomic E-state index is -0.931. The van der Waals surface area contributed by atoms with E-state index >= 15 is 0 Å². The molecule has 0 aliphatic carbocycles. The Labute approximate surface area is 210 Å². The van der Waals surface area contributed by atoms with Gasteiger partial charge in [0.25, 0.3) is 5.91 Å². The summed E-state index contributed by atoms with van der Waals surface area (Å²) in [4.78, 5) is 54.3. The lowest BCUT2D eigenvalue weighted by Crippen LogP contribution is -2.51. The Kier molecular flexibility index (Phi) is 8.02. The van der Waals surface area contributed by atoms with Gasteiger partial charge < -0.3 is 9.64 Å². The maximum absolute atomic E-state index is 12.8. The van der Waals surface area contributed by atoms with Crippen LogP contribution in [0.4, 0.5) is 0 Å². The molecule has 0 radical (unpaired) electrons. The molecule has 36 heavy (non-hydrogen) atoms. The van der Waals surface area contributed by atoms with E-state index in [4.69, 9.17) is 4.74 Å². The summed E-state index contributed by atoms with van der Waals surface area (Å²) >= 11 is 0. The average Bonchev–Trinajstić information content (AvgIpc) is 2.93. The van der Waals surface area contributed by atoms with Gasteiger partial charge in [-0.05, 0) is 24.6 Å². The van der Waals surface area contributed by atoms with Crippen molar-refractivity contribution >= 4 is 23.4 Å². The minimum Gasteiger partial charge on any atom is -0.449 e. The van der Waals surface area contributed by atoms with E-state index in [-0.39, 0.29) is 17.0 Å². The van der Waals surface area contributed by atoms with Gasteiger partial charge in [0.2, 0.25) is 11.6 Å². The lowest BCUT2D eigenvalue weighted by Gasteiger charge is -2.35. The second kappa shape index (κ2) is 11.6. The van der Waals surface area contributed by atoms with Gasteiger partial charge in [0.15, 0.2) is 6.10 Å². The highest BCUT2D eigenvalue weighted by Crippen LogP contribution is 2.14. The van der Waals surface area contributed by atoms with Crippen LogP contribution in [0.25, 0.3) is 0 Å². The van der Waals surface area contributed by atoms with Crippen molar-refractivity contribution in [3.8, 4) is 0 Å². The molecule has 1 atom stereocenters. The molecule has 0 unspecified atom stereocenters. The Morgan fingerprint density at radius 1 is 0.694 bits per heavy atom. The van der Waals surface area contributed by atoms with E-state index in [0.717, 1.165) is 19.6 Å². The molecular weight excluding hydrogens is 456 g/mol. The topological polar surface area (TPSA) is 84.0 Å². The Morgan fingerprint density at radius 3 is 1.78 bits per heavy atom. The Balaban J connectivity index is 1.28. The van der Waals surface area contributed by atoms with E-state index in [9.17, 15) is 19.2 Å². The number of carbonyl (C=O) groups is 4. The van der Waals surface area contributed by atoms with E-state index in [1.54, 1.807) is 42.2 Å². The molecule has 0 N–H and O–H groups in total. The third-order valence-electron chi connectivity index (χ3n) is 6.19. The molecule has 184 valence electrons. The lowest BCUT2D eigenvalue weighted by molar-refractivity contribution is -0.141. The third kappa shape index (κ3) is 6.12. The average molecular weight is 485 g/mol. The number of ketones is 2. The molecule has 1 aliphatic heterocycles. The van der Waals surface area contributed by atoms with E-state index in [2.05, 4.69) is 17.0 Å². The predicted octanol–water partition coefficient (Wildman–Crippen LogP) is 3.64. The van der Waals surface area contributed by atoms with Crippen LogP contribution in [0.1, 0.15) is 43.6 Å². The predicted molar refractivity (Wildman–Crippen MR) is 135 cm³/mol. The first kappa shape index (κ1) is 25.0. The van der Waals surface area contributed by atoms with E-state index in [0.29, 0.717) is 18.7 Å². The van der Waals surface area contributed by atoms with Crippen molar-refractivity contribution < 1.29 is 23.9 Å². The van der Waals surface area contributed by atoms with Gasteiger partial charge in [-0.3, -0.25) is 19.3 Å². The van der Waals surface area contributed by atoms with Gasteiger partial charge in [0, 0.05) is 43.9 Å². The second-order valence-corrected chi connectivity index (χ2v) is 8.74. The molecule has 1 fully saturated rings. The fraction of sp³-hybridized carbons (Fsp3) is 0.241. The summed E-state index contributed by atoms with van der Waals surface area (Å²) in [5.74, 6) is -2.17. The Hall–Kier alpha value is -4.10. The molecule has 7 heteroatoms. The van der Waals surface area contributed by atoms with Crippen molar-refractivity contribution in [1.82, 2.24) is 9.80 Å². The first-order valence-electron chi connectivity index (χ1n) is 11.9. The van der Waals surface area contributed by atoms with Gasteiger partial charge >= 0.3 is 5.97 Å². The Morgan fingerprint density at radius 2 is 1.19 bits per heavy atom. The summed E-state index contributed by atoms with van der Waals surface area (Å²) in [6.45, 7) is 5.03. The largest absolute Gasteiger partial charge is 0.449 e. The minimum absolute atomic E-state index is 0.179. The summed E-state index contributed by atoms with van der Waals surface area (Å²) in [5.41, 5.74) is 1.92. The number of Topliss-reactive ketones (excluding diaryl/α,β-unsaturated/α-hetero) is 2. The van der Waals surface area contributed by atoms with Crippen LogP contribution in [0.5, 0.6) is 0 Å². The van der Waals surface area contributed by atoms with E-state index in [1.807, 2.05) is 18.2 Å². The van der Waals surface area contributed by atoms with Crippen LogP contribution in [0.2, 0.25) is 0 Å². The highest BCUT2D eigenvalue weighted by molar-refractivity contribution is 6.49. The molecule has 3 aromatic rings. The summed E-state index contributed by atoms with van der Waals surface area (Å²) in [5, 5.41) is 0. The van der Waals surface area contributed by atoms with Crippen LogP contribution in [0.15, 0.2) is 84.9 Å². The molecule has 3 aromatic carbocycles. The fourth-order valence-corrected chi connectivity index (χ4v) is 4.11. The lowest BCUT2D eigenvalue weighted by atomic mass is 10.0. The highest BCUT2D eigenvalue weighted by Gasteiger charge is 2.27. The Bertz CT molecular complexity index is 1220. The zero-order chi connectivity index (χ0) is 25.5. The number of hydrogen-bond acceptors (Lipinski definition) is 6. The van der Waals surface area contributed by atoms with Crippen LogP contribution in [0.3, 0.4) is 0 Å². The van der Waals surface area contributed by atoms with Crippen molar-refractivity contribution in [2.45, 2.75) is 19.6 Å². The zero-order valence-electron chi connectivity index (χ0n) is 20.1. The van der Waals surface area contributed by atoms with Gasteiger partial charge in [-0.15, -0.1) is 0 Å². The second-order valence-electron chi connectivity index (χ2n) is 8.74. The van der Waals surface area contributed by atoms with E-state index < -0.39 is 23.6 Å². The molecule has 4 rings (SSSR count). The summed E-state index contributed by atoms with van der Waals surface area (Å²) in [7, 11) is 0. The van der Waals surface area contributed by atoms with Crippen LogP contribution in [-0.2, 0) is 16.1 Å². The normalized spacial score (nSPS) is 14.6. The number of nitrogens with zero attached hydrogens (tertiary/aromatic N) is 2.